The first-order valence-electron chi connectivity index (χ1n) is 7.06. The molecule has 0 aromatic heterocycles. The number of ketones is 1. The zero-order chi connectivity index (χ0) is 16.1. The van der Waals surface area contributed by atoms with Crippen molar-refractivity contribution in [1.82, 2.24) is 0 Å². The lowest BCUT2D eigenvalue weighted by Gasteiger charge is -2.16. The van der Waals surface area contributed by atoms with Gasteiger partial charge in [-0.2, -0.15) is 0 Å². The standard InChI is InChI=1S/C16H17BrO5/c1-21-15(19)12-3-2-4-13(12)16(20)22-9-14(18)10-5-7-11(17)8-6-10/h5-8,12-13H,2-4,9H2,1H3. The molecule has 2 unspecified atom stereocenters. The van der Waals surface area contributed by atoms with Crippen molar-refractivity contribution in [3.8, 4) is 0 Å². The van der Waals surface area contributed by atoms with Crippen LogP contribution in [0.4, 0.5) is 0 Å². The Hall–Kier alpha value is -1.69. The van der Waals surface area contributed by atoms with Crippen LogP contribution in [-0.2, 0) is 19.1 Å². The molecule has 1 fully saturated rings. The van der Waals surface area contributed by atoms with Crippen LogP contribution in [0.2, 0.25) is 0 Å². The zero-order valence-corrected chi connectivity index (χ0v) is 13.8. The summed E-state index contributed by atoms with van der Waals surface area (Å²) in [6.45, 7) is -0.315. The fraction of sp³-hybridized carbons (Fsp3) is 0.438. The molecule has 0 heterocycles. The van der Waals surface area contributed by atoms with Crippen molar-refractivity contribution in [3.63, 3.8) is 0 Å². The number of hydrogen-bond donors (Lipinski definition) is 0. The highest BCUT2D eigenvalue weighted by atomic mass is 79.9. The third-order valence-electron chi connectivity index (χ3n) is 3.83. The molecule has 0 amide bonds. The van der Waals surface area contributed by atoms with Gasteiger partial charge in [0.2, 0.25) is 0 Å². The van der Waals surface area contributed by atoms with Gasteiger partial charge in [-0.25, -0.2) is 0 Å². The molecule has 0 aliphatic heterocycles. The number of rotatable bonds is 5. The SMILES string of the molecule is COC(=O)C1CCCC1C(=O)OCC(=O)c1ccc(Br)cc1. The van der Waals surface area contributed by atoms with Gasteiger partial charge in [0.15, 0.2) is 12.4 Å². The Morgan fingerprint density at radius 3 is 2.27 bits per heavy atom. The molecule has 0 saturated heterocycles. The average molecular weight is 369 g/mol. The first-order chi connectivity index (χ1) is 10.5. The maximum atomic E-state index is 12.1. The Labute approximate surface area is 137 Å². The Morgan fingerprint density at radius 1 is 1.09 bits per heavy atom. The lowest BCUT2D eigenvalue weighted by atomic mass is 9.96. The molecule has 2 atom stereocenters. The van der Waals surface area contributed by atoms with Crippen LogP contribution < -0.4 is 0 Å². The molecule has 6 heteroatoms. The molecule has 1 aromatic rings. The Kier molecular flexibility index (Phi) is 5.71. The topological polar surface area (TPSA) is 69.7 Å². The summed E-state index contributed by atoms with van der Waals surface area (Å²) in [5, 5.41) is 0. The van der Waals surface area contributed by atoms with Gasteiger partial charge in [-0.05, 0) is 25.0 Å². The predicted octanol–water partition coefficient (Wildman–Crippen LogP) is 2.76. The molecule has 22 heavy (non-hydrogen) atoms. The van der Waals surface area contributed by atoms with Crippen LogP contribution >= 0.6 is 15.9 Å². The van der Waals surface area contributed by atoms with E-state index in [4.69, 9.17) is 9.47 Å². The summed E-state index contributed by atoms with van der Waals surface area (Å²) in [4.78, 5) is 35.7. The lowest BCUT2D eigenvalue weighted by Crippen LogP contribution is -2.29. The Balaban J connectivity index is 1.90. The van der Waals surface area contributed by atoms with Crippen LogP contribution in [0.1, 0.15) is 29.6 Å². The van der Waals surface area contributed by atoms with Gasteiger partial charge in [0.25, 0.3) is 0 Å². The number of esters is 2. The van der Waals surface area contributed by atoms with E-state index in [1.807, 2.05) is 0 Å². The number of hydrogen-bond acceptors (Lipinski definition) is 5. The van der Waals surface area contributed by atoms with E-state index in [0.717, 1.165) is 10.9 Å². The van der Waals surface area contributed by atoms with Crippen molar-refractivity contribution in [2.24, 2.45) is 11.8 Å². The highest BCUT2D eigenvalue weighted by Crippen LogP contribution is 2.33. The molecule has 0 radical (unpaired) electrons. The number of Topliss-reactive ketones (excluding diaryl/α,β-unsaturated/α-hetero) is 1. The van der Waals surface area contributed by atoms with Gasteiger partial charge < -0.3 is 9.47 Å². The molecule has 1 saturated carbocycles. The minimum absolute atomic E-state index is 0.270. The van der Waals surface area contributed by atoms with Crippen molar-refractivity contribution < 1.29 is 23.9 Å². The van der Waals surface area contributed by atoms with E-state index in [1.54, 1.807) is 24.3 Å². The smallest absolute Gasteiger partial charge is 0.310 e. The first kappa shape index (κ1) is 16.7. The van der Waals surface area contributed by atoms with E-state index in [1.165, 1.54) is 7.11 Å². The molecule has 1 aromatic carbocycles. The molecule has 0 N–H and O–H groups in total. The van der Waals surface area contributed by atoms with Crippen LogP contribution in [0.3, 0.4) is 0 Å². The second-order valence-electron chi connectivity index (χ2n) is 5.20. The first-order valence-corrected chi connectivity index (χ1v) is 7.85. The van der Waals surface area contributed by atoms with Crippen molar-refractivity contribution in [2.75, 3.05) is 13.7 Å². The van der Waals surface area contributed by atoms with Crippen LogP contribution in [0.5, 0.6) is 0 Å². The van der Waals surface area contributed by atoms with Gasteiger partial charge in [0.1, 0.15) is 0 Å². The summed E-state index contributed by atoms with van der Waals surface area (Å²) in [6.07, 6.45) is 1.98. The van der Waals surface area contributed by atoms with E-state index in [-0.39, 0.29) is 12.4 Å². The van der Waals surface area contributed by atoms with E-state index in [9.17, 15) is 14.4 Å². The van der Waals surface area contributed by atoms with Gasteiger partial charge in [-0.15, -0.1) is 0 Å². The Morgan fingerprint density at radius 2 is 1.68 bits per heavy atom. The monoisotopic (exact) mass is 368 g/mol. The van der Waals surface area contributed by atoms with Gasteiger partial charge >= 0.3 is 11.9 Å². The zero-order valence-electron chi connectivity index (χ0n) is 12.2. The number of ether oxygens (including phenoxy) is 2. The average Bonchev–Trinajstić information content (AvgIpc) is 3.01. The van der Waals surface area contributed by atoms with E-state index < -0.39 is 23.8 Å². The van der Waals surface area contributed by atoms with Crippen molar-refractivity contribution in [2.45, 2.75) is 19.3 Å². The maximum Gasteiger partial charge on any atom is 0.310 e. The molecule has 1 aliphatic carbocycles. The molecule has 0 spiro atoms. The normalized spacial score (nSPS) is 20.5. The largest absolute Gasteiger partial charge is 0.469 e. The molecule has 5 nitrogen and oxygen atoms in total. The number of carbonyl (C=O) groups is 3. The lowest BCUT2D eigenvalue weighted by molar-refractivity contribution is -0.157. The second kappa shape index (κ2) is 7.54. The van der Waals surface area contributed by atoms with E-state index in [0.29, 0.717) is 18.4 Å². The summed E-state index contributed by atoms with van der Waals surface area (Å²) in [6, 6.07) is 6.82. The van der Waals surface area contributed by atoms with Crippen LogP contribution in [0.15, 0.2) is 28.7 Å². The van der Waals surface area contributed by atoms with Crippen molar-refractivity contribution >= 4 is 33.7 Å². The van der Waals surface area contributed by atoms with Gasteiger partial charge in [0, 0.05) is 10.0 Å². The fourth-order valence-corrected chi connectivity index (χ4v) is 2.90. The Bertz CT molecular complexity index is 566. The van der Waals surface area contributed by atoms with Gasteiger partial charge in [-0.3, -0.25) is 14.4 Å². The van der Waals surface area contributed by atoms with Crippen LogP contribution in [-0.4, -0.2) is 31.4 Å². The summed E-state index contributed by atoms with van der Waals surface area (Å²) >= 11 is 3.29. The number of methoxy groups -OCH3 is 1. The van der Waals surface area contributed by atoms with Gasteiger partial charge in [-0.1, -0.05) is 34.5 Å². The highest BCUT2D eigenvalue weighted by Gasteiger charge is 2.39. The quantitative estimate of drug-likeness (QED) is 0.590. The minimum Gasteiger partial charge on any atom is -0.469 e. The molecular formula is C16H17BrO5. The maximum absolute atomic E-state index is 12.1. The minimum atomic E-state index is -0.509. The number of carbonyl (C=O) groups excluding carboxylic acids is 3. The molecular weight excluding hydrogens is 352 g/mol. The van der Waals surface area contributed by atoms with Crippen LogP contribution in [0.25, 0.3) is 0 Å². The summed E-state index contributed by atoms with van der Waals surface area (Å²) in [5.41, 5.74) is 0.479. The van der Waals surface area contributed by atoms with Crippen LogP contribution in [0, 0.1) is 11.8 Å². The number of benzene rings is 1. The van der Waals surface area contributed by atoms with E-state index >= 15 is 0 Å². The number of halogens is 1. The fourth-order valence-electron chi connectivity index (χ4n) is 2.64. The summed E-state index contributed by atoms with van der Waals surface area (Å²) in [7, 11) is 1.31. The second-order valence-corrected chi connectivity index (χ2v) is 6.12. The van der Waals surface area contributed by atoms with Crippen molar-refractivity contribution in [1.29, 1.82) is 0 Å². The highest BCUT2D eigenvalue weighted by molar-refractivity contribution is 9.10. The predicted molar refractivity (Wildman–Crippen MR) is 82.3 cm³/mol. The molecule has 2 rings (SSSR count). The molecule has 1 aliphatic rings. The summed E-state index contributed by atoms with van der Waals surface area (Å²) in [5.74, 6) is -2.13. The van der Waals surface area contributed by atoms with E-state index in [2.05, 4.69) is 15.9 Å². The molecule has 0 bridgehead atoms. The van der Waals surface area contributed by atoms with Gasteiger partial charge in [0.05, 0.1) is 18.9 Å². The summed E-state index contributed by atoms with van der Waals surface area (Å²) < 4.78 is 10.7. The molecule has 118 valence electrons. The van der Waals surface area contributed by atoms with Crippen molar-refractivity contribution in [3.05, 3.63) is 34.3 Å². The third-order valence-corrected chi connectivity index (χ3v) is 4.36. The third kappa shape index (κ3) is 3.94.